The van der Waals surface area contributed by atoms with Crippen molar-refractivity contribution in [2.75, 3.05) is 0 Å². The maximum atomic E-state index is 6.16. The molecule has 0 aliphatic heterocycles. The van der Waals surface area contributed by atoms with E-state index < -0.39 is 0 Å². The van der Waals surface area contributed by atoms with Crippen LogP contribution in [-0.4, -0.2) is 16.0 Å². The Hall–Kier alpha value is -0.670. The van der Waals surface area contributed by atoms with E-state index in [2.05, 4.69) is 16.4 Å². The second kappa shape index (κ2) is 7.74. The van der Waals surface area contributed by atoms with Gasteiger partial charge in [-0.3, -0.25) is 0 Å². The Bertz CT molecular complexity index is 520. The summed E-state index contributed by atoms with van der Waals surface area (Å²) in [5, 5.41) is 4.17. The van der Waals surface area contributed by atoms with Crippen LogP contribution in [0.2, 0.25) is 5.15 Å². The Morgan fingerprint density at radius 2 is 1.64 bits per heavy atom. The van der Waals surface area contributed by atoms with Crippen LogP contribution >= 0.6 is 23.8 Å². The predicted molar refractivity (Wildman–Crippen MR) is 96.8 cm³/mol. The topological polar surface area (TPSA) is 24.9 Å². The third kappa shape index (κ3) is 3.99. The molecule has 1 N–H and O–H groups in total. The second-order valence-electron chi connectivity index (χ2n) is 6.71. The van der Waals surface area contributed by atoms with Crippen LogP contribution in [0.5, 0.6) is 0 Å². The van der Waals surface area contributed by atoms with E-state index in [9.17, 15) is 0 Å². The molecule has 0 atom stereocenters. The molecule has 2 fully saturated rings. The molecule has 22 heavy (non-hydrogen) atoms. The molecule has 2 saturated carbocycles. The van der Waals surface area contributed by atoms with Gasteiger partial charge >= 0.3 is 0 Å². The zero-order chi connectivity index (χ0) is 15.4. The SMILES string of the molecule is S=C(NC1CCCCC1)c1ccc(Cl)nc1C1CCCCC1. The van der Waals surface area contributed by atoms with Crippen LogP contribution in [0.15, 0.2) is 12.1 Å². The molecule has 0 radical (unpaired) electrons. The van der Waals surface area contributed by atoms with Gasteiger partial charge in [-0.25, -0.2) is 4.98 Å². The van der Waals surface area contributed by atoms with Gasteiger partial charge in [0.25, 0.3) is 0 Å². The van der Waals surface area contributed by atoms with Crippen molar-refractivity contribution in [3.63, 3.8) is 0 Å². The highest BCUT2D eigenvalue weighted by atomic mass is 35.5. The fraction of sp³-hybridized carbons (Fsp3) is 0.667. The number of pyridine rings is 1. The Labute approximate surface area is 144 Å². The molecule has 0 saturated heterocycles. The zero-order valence-electron chi connectivity index (χ0n) is 13.1. The first kappa shape index (κ1) is 16.2. The molecule has 0 spiro atoms. The Morgan fingerprint density at radius 3 is 2.32 bits per heavy atom. The van der Waals surface area contributed by atoms with Gasteiger partial charge in [0, 0.05) is 17.5 Å². The maximum Gasteiger partial charge on any atom is 0.129 e. The lowest BCUT2D eigenvalue weighted by molar-refractivity contribution is 0.414. The molecule has 1 aromatic rings. The Kier molecular flexibility index (Phi) is 5.70. The van der Waals surface area contributed by atoms with Crippen LogP contribution in [-0.2, 0) is 0 Å². The summed E-state index contributed by atoms with van der Waals surface area (Å²) in [6.45, 7) is 0. The number of hydrogen-bond acceptors (Lipinski definition) is 2. The molecule has 2 aliphatic carbocycles. The first-order chi connectivity index (χ1) is 10.7. The summed E-state index contributed by atoms with van der Waals surface area (Å²) in [6, 6.07) is 4.48. The van der Waals surface area contributed by atoms with Gasteiger partial charge < -0.3 is 5.32 Å². The lowest BCUT2D eigenvalue weighted by atomic mass is 9.85. The van der Waals surface area contributed by atoms with Crippen molar-refractivity contribution in [1.82, 2.24) is 10.3 Å². The third-order valence-corrected chi connectivity index (χ3v) is 5.62. The smallest absolute Gasteiger partial charge is 0.129 e. The normalized spacial score (nSPS) is 20.8. The summed E-state index contributed by atoms with van der Waals surface area (Å²) in [4.78, 5) is 5.52. The first-order valence-corrected chi connectivity index (χ1v) is 9.50. The molecule has 2 aliphatic rings. The van der Waals surface area contributed by atoms with Crippen LogP contribution in [0.4, 0.5) is 0 Å². The number of aromatic nitrogens is 1. The Morgan fingerprint density at radius 1 is 1.00 bits per heavy atom. The summed E-state index contributed by atoms with van der Waals surface area (Å²) >= 11 is 11.9. The van der Waals surface area contributed by atoms with Gasteiger partial charge in [0.2, 0.25) is 0 Å². The molecule has 0 aromatic carbocycles. The molecule has 1 heterocycles. The van der Waals surface area contributed by atoms with Gasteiger partial charge in [-0.2, -0.15) is 0 Å². The number of nitrogens with one attached hydrogen (secondary N) is 1. The highest BCUT2D eigenvalue weighted by molar-refractivity contribution is 7.80. The molecule has 2 nitrogen and oxygen atoms in total. The van der Waals surface area contributed by atoms with Crippen LogP contribution in [0.25, 0.3) is 0 Å². The van der Waals surface area contributed by atoms with Gasteiger partial charge in [-0.1, -0.05) is 62.3 Å². The van der Waals surface area contributed by atoms with Crippen molar-refractivity contribution in [2.24, 2.45) is 0 Å². The second-order valence-corrected chi connectivity index (χ2v) is 7.51. The van der Waals surface area contributed by atoms with Crippen molar-refractivity contribution in [1.29, 1.82) is 0 Å². The van der Waals surface area contributed by atoms with E-state index in [0.29, 0.717) is 17.1 Å². The van der Waals surface area contributed by atoms with Gasteiger partial charge in [0.1, 0.15) is 10.1 Å². The molecule has 0 bridgehead atoms. The largest absolute Gasteiger partial charge is 0.373 e. The fourth-order valence-corrected chi connectivity index (χ4v) is 4.33. The molecule has 3 rings (SSSR count). The summed E-state index contributed by atoms with van der Waals surface area (Å²) in [5.74, 6) is 0.522. The van der Waals surface area contributed by atoms with Gasteiger partial charge in [-0.05, 0) is 37.8 Å². The van der Waals surface area contributed by atoms with Crippen LogP contribution in [0.1, 0.15) is 81.4 Å². The van der Waals surface area contributed by atoms with Crippen molar-refractivity contribution >= 4 is 28.8 Å². The number of rotatable bonds is 3. The minimum atomic E-state index is 0.522. The van der Waals surface area contributed by atoms with E-state index in [-0.39, 0.29) is 0 Å². The summed E-state index contributed by atoms with van der Waals surface area (Å²) in [6.07, 6.45) is 12.8. The molecule has 0 amide bonds. The fourth-order valence-electron chi connectivity index (χ4n) is 3.84. The highest BCUT2D eigenvalue weighted by Gasteiger charge is 2.23. The van der Waals surface area contributed by atoms with E-state index in [1.807, 2.05) is 6.07 Å². The van der Waals surface area contributed by atoms with Crippen molar-refractivity contribution < 1.29 is 0 Å². The van der Waals surface area contributed by atoms with Gasteiger partial charge in [0.15, 0.2) is 0 Å². The predicted octanol–water partition coefficient (Wildman–Crippen LogP) is 5.38. The summed E-state index contributed by atoms with van der Waals surface area (Å²) in [5.41, 5.74) is 2.23. The minimum Gasteiger partial charge on any atom is -0.373 e. The van der Waals surface area contributed by atoms with Crippen LogP contribution in [0, 0.1) is 0 Å². The van der Waals surface area contributed by atoms with Crippen molar-refractivity contribution in [3.05, 3.63) is 28.5 Å². The molecular formula is C18H25ClN2S. The first-order valence-electron chi connectivity index (χ1n) is 8.71. The van der Waals surface area contributed by atoms with E-state index in [1.54, 1.807) is 0 Å². The van der Waals surface area contributed by atoms with Crippen LogP contribution < -0.4 is 5.32 Å². The summed E-state index contributed by atoms with van der Waals surface area (Å²) < 4.78 is 0. The average Bonchev–Trinajstić information content (AvgIpc) is 2.56. The quantitative estimate of drug-likeness (QED) is 0.592. The standard InChI is InChI=1S/C18H25ClN2S/c19-16-12-11-15(17(21-16)13-7-3-1-4-8-13)18(22)20-14-9-5-2-6-10-14/h11-14H,1-10H2,(H,20,22). The maximum absolute atomic E-state index is 6.16. The number of nitrogens with zero attached hydrogens (tertiary/aromatic N) is 1. The minimum absolute atomic E-state index is 0.522. The van der Waals surface area contributed by atoms with E-state index in [0.717, 1.165) is 16.2 Å². The van der Waals surface area contributed by atoms with Crippen molar-refractivity contribution in [2.45, 2.75) is 76.2 Å². The third-order valence-electron chi connectivity index (χ3n) is 5.07. The average molecular weight is 337 g/mol. The monoisotopic (exact) mass is 336 g/mol. The lowest BCUT2D eigenvalue weighted by Gasteiger charge is -2.27. The zero-order valence-corrected chi connectivity index (χ0v) is 14.7. The van der Waals surface area contributed by atoms with Gasteiger partial charge in [-0.15, -0.1) is 0 Å². The lowest BCUT2D eigenvalue weighted by Crippen LogP contribution is -2.36. The Balaban J connectivity index is 1.77. The van der Waals surface area contributed by atoms with Crippen molar-refractivity contribution in [3.8, 4) is 0 Å². The van der Waals surface area contributed by atoms with E-state index in [1.165, 1.54) is 64.2 Å². The number of halogens is 1. The van der Waals surface area contributed by atoms with E-state index >= 15 is 0 Å². The number of hydrogen-bond donors (Lipinski definition) is 1. The molecule has 0 unspecified atom stereocenters. The number of thiocarbonyl (C=S) groups is 1. The molecule has 120 valence electrons. The molecule has 1 aromatic heterocycles. The van der Waals surface area contributed by atoms with Gasteiger partial charge in [0.05, 0.1) is 5.69 Å². The molecule has 4 heteroatoms. The molecular weight excluding hydrogens is 312 g/mol. The van der Waals surface area contributed by atoms with E-state index in [4.69, 9.17) is 23.8 Å². The summed E-state index contributed by atoms with van der Waals surface area (Å²) in [7, 11) is 0. The van der Waals surface area contributed by atoms with Crippen LogP contribution in [0.3, 0.4) is 0 Å². The highest BCUT2D eigenvalue weighted by Crippen LogP contribution is 2.34.